The first-order chi connectivity index (χ1) is 9.47. The number of hydrogen-bond acceptors (Lipinski definition) is 5. The molecular weight excluding hydrogens is 278 g/mol. The molecule has 0 bridgehead atoms. The maximum absolute atomic E-state index is 11.0. The van der Waals surface area contributed by atoms with Crippen molar-refractivity contribution >= 4 is 23.3 Å². The third-order valence-corrected chi connectivity index (χ3v) is 4.45. The van der Waals surface area contributed by atoms with Crippen molar-refractivity contribution < 1.29 is 9.72 Å². The summed E-state index contributed by atoms with van der Waals surface area (Å²) in [5, 5.41) is 15.2. The van der Waals surface area contributed by atoms with E-state index < -0.39 is 4.92 Å². The summed E-state index contributed by atoms with van der Waals surface area (Å²) in [4.78, 5) is 23.2. The van der Waals surface area contributed by atoms with Crippen molar-refractivity contribution in [3.63, 3.8) is 0 Å². The fourth-order valence-electron chi connectivity index (χ4n) is 2.25. The van der Waals surface area contributed by atoms with E-state index in [1.807, 2.05) is 13.0 Å². The fraction of sp³-hybridized carbons (Fsp3) is 0.385. The molecule has 0 spiro atoms. The minimum atomic E-state index is -0.403. The highest BCUT2D eigenvalue weighted by Crippen LogP contribution is 2.26. The molecule has 0 aliphatic carbocycles. The van der Waals surface area contributed by atoms with Crippen LogP contribution in [0.5, 0.6) is 0 Å². The van der Waals surface area contributed by atoms with Crippen LogP contribution in [-0.4, -0.2) is 21.0 Å². The molecule has 0 aliphatic rings. The number of carbonyl (C=O) groups is 1. The minimum absolute atomic E-state index is 0.0638. The van der Waals surface area contributed by atoms with E-state index in [2.05, 4.69) is 5.10 Å². The standard InChI is InChI=1S/C13H15N3O3S/c1-4-12-10(5-11(7-17)20-12)6-15-9(3)13(16(18)19)8(2)14-15/h5,7H,4,6H2,1-3H3. The number of nitro groups is 1. The predicted octanol–water partition coefficient (Wildman–Crippen LogP) is 2.89. The van der Waals surface area contributed by atoms with Crippen LogP contribution in [0.3, 0.4) is 0 Å². The minimum Gasteiger partial charge on any atom is -0.297 e. The van der Waals surface area contributed by atoms with E-state index in [9.17, 15) is 14.9 Å². The van der Waals surface area contributed by atoms with Crippen molar-refractivity contribution in [2.75, 3.05) is 0 Å². The lowest BCUT2D eigenvalue weighted by atomic mass is 10.2. The first-order valence-corrected chi connectivity index (χ1v) is 7.04. The smallest absolute Gasteiger partial charge is 0.297 e. The molecule has 20 heavy (non-hydrogen) atoms. The van der Waals surface area contributed by atoms with E-state index in [0.717, 1.165) is 23.1 Å². The van der Waals surface area contributed by atoms with Crippen LogP contribution < -0.4 is 0 Å². The molecule has 0 aliphatic heterocycles. The highest BCUT2D eigenvalue weighted by Gasteiger charge is 2.22. The molecule has 0 aromatic carbocycles. The van der Waals surface area contributed by atoms with Gasteiger partial charge in [0.2, 0.25) is 0 Å². The number of aromatic nitrogens is 2. The normalized spacial score (nSPS) is 10.8. The SMILES string of the molecule is CCc1sc(C=O)cc1Cn1nc(C)c([N+](=O)[O-])c1C. The highest BCUT2D eigenvalue weighted by molar-refractivity contribution is 7.13. The van der Waals surface area contributed by atoms with Gasteiger partial charge in [0.25, 0.3) is 0 Å². The Labute approximate surface area is 120 Å². The molecule has 2 rings (SSSR count). The summed E-state index contributed by atoms with van der Waals surface area (Å²) in [6.45, 7) is 5.80. The van der Waals surface area contributed by atoms with E-state index in [4.69, 9.17) is 0 Å². The topological polar surface area (TPSA) is 78.0 Å². The molecule has 7 heteroatoms. The second kappa shape index (κ2) is 5.54. The van der Waals surface area contributed by atoms with Gasteiger partial charge in [0.1, 0.15) is 11.4 Å². The van der Waals surface area contributed by atoms with E-state index in [0.29, 0.717) is 22.8 Å². The number of carbonyl (C=O) groups excluding carboxylic acids is 1. The number of aldehydes is 1. The van der Waals surface area contributed by atoms with Crippen LogP contribution in [0.4, 0.5) is 5.69 Å². The fourth-order valence-corrected chi connectivity index (χ4v) is 3.18. The van der Waals surface area contributed by atoms with Gasteiger partial charge in [-0.2, -0.15) is 5.10 Å². The third kappa shape index (κ3) is 2.49. The molecule has 0 amide bonds. The van der Waals surface area contributed by atoms with E-state index in [1.165, 1.54) is 11.3 Å². The van der Waals surface area contributed by atoms with Crippen LogP contribution in [0.2, 0.25) is 0 Å². The summed E-state index contributed by atoms with van der Waals surface area (Å²) >= 11 is 1.46. The Morgan fingerprint density at radius 3 is 2.70 bits per heavy atom. The Bertz CT molecular complexity index is 673. The second-order valence-corrected chi connectivity index (χ2v) is 5.67. The monoisotopic (exact) mass is 293 g/mol. The molecule has 0 saturated heterocycles. The van der Waals surface area contributed by atoms with Gasteiger partial charge in [0, 0.05) is 4.88 Å². The Balaban J connectivity index is 2.40. The van der Waals surface area contributed by atoms with E-state index in [1.54, 1.807) is 18.5 Å². The van der Waals surface area contributed by atoms with E-state index >= 15 is 0 Å². The van der Waals surface area contributed by atoms with Crippen LogP contribution in [0.15, 0.2) is 6.07 Å². The Kier molecular flexibility index (Phi) is 3.99. The quantitative estimate of drug-likeness (QED) is 0.482. The molecule has 2 heterocycles. The number of nitrogens with zero attached hydrogens (tertiary/aromatic N) is 3. The Morgan fingerprint density at radius 1 is 1.50 bits per heavy atom. The lowest BCUT2D eigenvalue weighted by molar-refractivity contribution is -0.386. The molecule has 6 nitrogen and oxygen atoms in total. The summed E-state index contributed by atoms with van der Waals surface area (Å²) in [5.74, 6) is 0. The van der Waals surface area contributed by atoms with Crippen molar-refractivity contribution in [2.45, 2.75) is 33.7 Å². The van der Waals surface area contributed by atoms with Gasteiger partial charge < -0.3 is 0 Å². The van der Waals surface area contributed by atoms with Crippen LogP contribution >= 0.6 is 11.3 Å². The number of thiophene rings is 1. The summed E-state index contributed by atoms with van der Waals surface area (Å²) in [6, 6.07) is 1.83. The maximum atomic E-state index is 11.0. The molecule has 0 unspecified atom stereocenters. The van der Waals surface area contributed by atoms with Crippen LogP contribution in [0, 0.1) is 24.0 Å². The molecular formula is C13H15N3O3S. The van der Waals surface area contributed by atoms with Gasteiger partial charge in [-0.3, -0.25) is 19.6 Å². The molecule has 0 fully saturated rings. The van der Waals surface area contributed by atoms with Gasteiger partial charge in [-0.25, -0.2) is 0 Å². The van der Waals surface area contributed by atoms with Crippen molar-refractivity contribution in [1.82, 2.24) is 9.78 Å². The summed E-state index contributed by atoms with van der Waals surface area (Å²) in [5.41, 5.74) is 2.01. The van der Waals surface area contributed by atoms with Gasteiger partial charge in [0.15, 0.2) is 6.29 Å². The van der Waals surface area contributed by atoms with Crippen molar-refractivity contribution in [3.8, 4) is 0 Å². The lowest BCUT2D eigenvalue weighted by Gasteiger charge is -2.04. The summed E-state index contributed by atoms with van der Waals surface area (Å²) < 4.78 is 1.63. The zero-order chi connectivity index (χ0) is 14.9. The van der Waals surface area contributed by atoms with Crippen LogP contribution in [0.1, 0.15) is 38.4 Å². The first kappa shape index (κ1) is 14.4. The first-order valence-electron chi connectivity index (χ1n) is 6.23. The molecule has 0 atom stereocenters. The predicted molar refractivity (Wildman–Crippen MR) is 76.5 cm³/mol. The summed E-state index contributed by atoms with van der Waals surface area (Å²) in [7, 11) is 0. The number of hydrogen-bond donors (Lipinski definition) is 0. The molecule has 0 radical (unpaired) electrons. The third-order valence-electron chi connectivity index (χ3n) is 3.20. The Morgan fingerprint density at radius 2 is 2.20 bits per heavy atom. The molecule has 0 saturated carbocycles. The number of rotatable bonds is 5. The number of aryl methyl sites for hydroxylation is 2. The summed E-state index contributed by atoms with van der Waals surface area (Å²) in [6.07, 6.45) is 1.66. The van der Waals surface area contributed by atoms with Gasteiger partial charge >= 0.3 is 5.69 Å². The lowest BCUT2D eigenvalue weighted by Crippen LogP contribution is -2.05. The molecule has 2 aromatic heterocycles. The maximum Gasteiger partial charge on any atom is 0.312 e. The van der Waals surface area contributed by atoms with Crippen molar-refractivity contribution in [2.24, 2.45) is 0 Å². The molecule has 2 aromatic rings. The van der Waals surface area contributed by atoms with Crippen molar-refractivity contribution in [1.29, 1.82) is 0 Å². The zero-order valence-electron chi connectivity index (χ0n) is 11.5. The largest absolute Gasteiger partial charge is 0.312 e. The van der Waals surface area contributed by atoms with Gasteiger partial charge in [-0.1, -0.05) is 6.92 Å². The average molecular weight is 293 g/mol. The average Bonchev–Trinajstić information content (AvgIpc) is 2.91. The highest BCUT2D eigenvalue weighted by atomic mass is 32.1. The second-order valence-electron chi connectivity index (χ2n) is 4.50. The van der Waals surface area contributed by atoms with Gasteiger partial charge in [0.05, 0.1) is 16.3 Å². The van der Waals surface area contributed by atoms with Crippen LogP contribution in [0.25, 0.3) is 0 Å². The van der Waals surface area contributed by atoms with E-state index in [-0.39, 0.29) is 5.69 Å². The molecule has 0 N–H and O–H groups in total. The van der Waals surface area contributed by atoms with Crippen molar-refractivity contribution in [3.05, 3.63) is 42.9 Å². The zero-order valence-corrected chi connectivity index (χ0v) is 12.4. The Hall–Kier alpha value is -2.02. The molecule has 106 valence electrons. The van der Waals surface area contributed by atoms with Crippen LogP contribution in [-0.2, 0) is 13.0 Å². The van der Waals surface area contributed by atoms with Gasteiger partial charge in [-0.15, -0.1) is 11.3 Å². The van der Waals surface area contributed by atoms with Gasteiger partial charge in [-0.05, 0) is 31.9 Å².